The smallest absolute Gasteiger partial charge is 0.252 e. The average Bonchev–Trinajstić information content (AvgIpc) is 2.89. The molecule has 0 fully saturated rings. The Morgan fingerprint density at radius 3 is 2.29 bits per heavy atom. The molecular formula is C28H29Cl2N3O5. The lowest BCUT2D eigenvalue weighted by molar-refractivity contribution is -0.134. The molecule has 0 aliphatic rings. The van der Waals surface area contributed by atoms with Crippen molar-refractivity contribution in [1.29, 1.82) is 0 Å². The van der Waals surface area contributed by atoms with Gasteiger partial charge in [-0.25, -0.2) is 5.43 Å². The SMILES string of the molecule is COc1ccc(NC(=O)C(C(=O)NN=Cc2ccc(OCc3ccc(Cl)cc3Cl)c(OC)c2)C(C)C)cc1. The first-order valence-electron chi connectivity index (χ1n) is 11.7. The maximum absolute atomic E-state index is 12.8. The highest BCUT2D eigenvalue weighted by atomic mass is 35.5. The quantitative estimate of drug-likeness (QED) is 0.172. The first-order chi connectivity index (χ1) is 18.2. The van der Waals surface area contributed by atoms with Crippen LogP contribution in [0, 0.1) is 11.8 Å². The number of methoxy groups -OCH3 is 2. The van der Waals surface area contributed by atoms with E-state index in [4.69, 9.17) is 37.4 Å². The van der Waals surface area contributed by atoms with Gasteiger partial charge in [-0.3, -0.25) is 9.59 Å². The molecule has 0 saturated carbocycles. The lowest BCUT2D eigenvalue weighted by atomic mass is 9.94. The molecule has 0 bridgehead atoms. The van der Waals surface area contributed by atoms with Gasteiger partial charge in [-0.1, -0.05) is 43.1 Å². The van der Waals surface area contributed by atoms with Crippen molar-refractivity contribution in [3.63, 3.8) is 0 Å². The lowest BCUT2D eigenvalue weighted by Gasteiger charge is -2.18. The maximum Gasteiger partial charge on any atom is 0.252 e. The number of hydrogen-bond acceptors (Lipinski definition) is 6. The third-order valence-corrected chi connectivity index (χ3v) is 6.15. The minimum absolute atomic E-state index is 0.227. The Morgan fingerprint density at radius 2 is 1.66 bits per heavy atom. The summed E-state index contributed by atoms with van der Waals surface area (Å²) in [6, 6.07) is 17.2. The topological polar surface area (TPSA) is 98.2 Å². The van der Waals surface area contributed by atoms with Gasteiger partial charge < -0.3 is 19.5 Å². The summed E-state index contributed by atoms with van der Waals surface area (Å²) in [5, 5.41) is 7.84. The molecule has 3 aromatic carbocycles. The van der Waals surface area contributed by atoms with E-state index in [2.05, 4.69) is 15.8 Å². The van der Waals surface area contributed by atoms with Crippen LogP contribution in [0.1, 0.15) is 25.0 Å². The summed E-state index contributed by atoms with van der Waals surface area (Å²) in [5.41, 5.74) is 4.46. The normalized spacial score (nSPS) is 11.8. The molecule has 2 N–H and O–H groups in total. The number of carbonyl (C=O) groups is 2. The molecule has 0 heterocycles. The van der Waals surface area contributed by atoms with E-state index in [9.17, 15) is 9.59 Å². The molecule has 0 spiro atoms. The van der Waals surface area contributed by atoms with E-state index in [0.717, 1.165) is 5.56 Å². The molecule has 0 aliphatic heterocycles. The number of nitrogens with zero attached hydrogens (tertiary/aromatic N) is 1. The summed E-state index contributed by atoms with van der Waals surface area (Å²) in [7, 11) is 3.08. The molecular weight excluding hydrogens is 529 g/mol. The minimum Gasteiger partial charge on any atom is -0.497 e. The van der Waals surface area contributed by atoms with Gasteiger partial charge in [-0.05, 0) is 66.1 Å². The number of hydrogen-bond donors (Lipinski definition) is 2. The predicted octanol–water partition coefficient (Wildman–Crippen LogP) is 5.95. The van der Waals surface area contributed by atoms with E-state index in [1.54, 1.807) is 81.6 Å². The lowest BCUT2D eigenvalue weighted by Crippen LogP contribution is -2.39. The Balaban J connectivity index is 1.62. The van der Waals surface area contributed by atoms with Crippen molar-refractivity contribution in [3.8, 4) is 17.2 Å². The van der Waals surface area contributed by atoms with Crippen LogP contribution in [-0.2, 0) is 16.2 Å². The molecule has 8 nitrogen and oxygen atoms in total. The molecule has 1 unspecified atom stereocenters. The Kier molecular flexibility index (Phi) is 10.4. The van der Waals surface area contributed by atoms with Gasteiger partial charge in [0.25, 0.3) is 5.91 Å². The maximum atomic E-state index is 12.8. The summed E-state index contributed by atoms with van der Waals surface area (Å²) < 4.78 is 16.4. The van der Waals surface area contributed by atoms with Gasteiger partial charge in [0.15, 0.2) is 11.5 Å². The van der Waals surface area contributed by atoms with Gasteiger partial charge in [0.1, 0.15) is 18.3 Å². The molecule has 2 amide bonds. The fraction of sp³-hybridized carbons (Fsp3) is 0.250. The number of hydrazone groups is 1. The zero-order chi connectivity index (χ0) is 27.7. The van der Waals surface area contributed by atoms with Gasteiger partial charge in [0, 0.05) is 21.3 Å². The van der Waals surface area contributed by atoms with Crippen molar-refractivity contribution in [1.82, 2.24) is 5.43 Å². The second-order valence-corrected chi connectivity index (χ2v) is 9.45. The zero-order valence-corrected chi connectivity index (χ0v) is 23.0. The van der Waals surface area contributed by atoms with Crippen molar-refractivity contribution in [2.45, 2.75) is 20.5 Å². The standard InChI is InChI=1S/C28H29Cl2N3O5/c1-17(2)26(27(34)32-21-8-10-22(36-3)11-9-21)28(35)33-31-15-18-5-12-24(25(13-18)37-4)38-16-19-6-7-20(29)14-23(19)30/h5-15,17,26H,16H2,1-4H3,(H,32,34)(H,33,35). The highest BCUT2D eigenvalue weighted by molar-refractivity contribution is 6.35. The van der Waals surface area contributed by atoms with Crippen molar-refractivity contribution in [2.24, 2.45) is 16.9 Å². The largest absolute Gasteiger partial charge is 0.497 e. The van der Waals surface area contributed by atoms with Crippen LogP contribution in [0.25, 0.3) is 0 Å². The number of amides is 2. The van der Waals surface area contributed by atoms with Crippen LogP contribution >= 0.6 is 23.2 Å². The molecule has 10 heteroatoms. The van der Waals surface area contributed by atoms with Gasteiger partial charge in [0.2, 0.25) is 5.91 Å². The summed E-state index contributed by atoms with van der Waals surface area (Å²) in [6.45, 7) is 3.82. The second-order valence-electron chi connectivity index (χ2n) is 8.61. The van der Waals surface area contributed by atoms with Gasteiger partial charge in [0.05, 0.1) is 20.4 Å². The van der Waals surface area contributed by atoms with Crippen molar-refractivity contribution in [3.05, 3.63) is 81.8 Å². The van der Waals surface area contributed by atoms with Crippen LogP contribution in [0.5, 0.6) is 17.2 Å². The van der Waals surface area contributed by atoms with Gasteiger partial charge in [-0.15, -0.1) is 0 Å². The number of anilines is 1. The van der Waals surface area contributed by atoms with Gasteiger partial charge >= 0.3 is 0 Å². The van der Waals surface area contributed by atoms with E-state index in [1.807, 2.05) is 0 Å². The molecule has 0 aliphatic carbocycles. The third-order valence-electron chi connectivity index (χ3n) is 5.56. The summed E-state index contributed by atoms with van der Waals surface area (Å²) >= 11 is 12.2. The third kappa shape index (κ3) is 7.87. The van der Waals surface area contributed by atoms with Crippen LogP contribution < -0.4 is 25.0 Å². The van der Waals surface area contributed by atoms with Crippen LogP contribution in [0.15, 0.2) is 65.8 Å². The highest BCUT2D eigenvalue weighted by Crippen LogP contribution is 2.30. The van der Waals surface area contributed by atoms with E-state index < -0.39 is 17.7 Å². The molecule has 3 rings (SSSR count). The first kappa shape index (κ1) is 28.8. The monoisotopic (exact) mass is 557 g/mol. The predicted molar refractivity (Wildman–Crippen MR) is 149 cm³/mol. The number of carbonyl (C=O) groups excluding carboxylic acids is 2. The van der Waals surface area contributed by atoms with Crippen LogP contribution in [-0.4, -0.2) is 32.2 Å². The molecule has 0 aromatic heterocycles. The number of benzene rings is 3. The van der Waals surface area contributed by atoms with Crippen molar-refractivity contribution < 1.29 is 23.8 Å². The first-order valence-corrected chi connectivity index (χ1v) is 12.5. The Morgan fingerprint density at radius 1 is 0.921 bits per heavy atom. The summed E-state index contributed by atoms with van der Waals surface area (Å²) in [5.74, 6) is -0.499. The molecule has 38 heavy (non-hydrogen) atoms. The Bertz CT molecular complexity index is 1300. The Hall–Kier alpha value is -3.75. The fourth-order valence-corrected chi connectivity index (χ4v) is 4.00. The summed E-state index contributed by atoms with van der Waals surface area (Å²) in [6.07, 6.45) is 1.46. The molecule has 0 saturated heterocycles. The van der Waals surface area contributed by atoms with Crippen molar-refractivity contribution in [2.75, 3.05) is 19.5 Å². The van der Waals surface area contributed by atoms with Crippen LogP contribution in [0.2, 0.25) is 10.0 Å². The molecule has 0 radical (unpaired) electrons. The Labute approximate surface area is 231 Å². The van der Waals surface area contributed by atoms with Crippen molar-refractivity contribution >= 4 is 46.9 Å². The van der Waals surface area contributed by atoms with Gasteiger partial charge in [-0.2, -0.15) is 5.10 Å². The number of nitrogens with one attached hydrogen (secondary N) is 2. The minimum atomic E-state index is -0.945. The van der Waals surface area contributed by atoms with E-state index in [0.29, 0.717) is 38.5 Å². The zero-order valence-electron chi connectivity index (χ0n) is 21.5. The highest BCUT2D eigenvalue weighted by Gasteiger charge is 2.30. The van der Waals surface area contributed by atoms with Crippen LogP contribution in [0.3, 0.4) is 0 Å². The van der Waals surface area contributed by atoms with E-state index >= 15 is 0 Å². The molecule has 3 aromatic rings. The van der Waals surface area contributed by atoms with E-state index in [-0.39, 0.29) is 12.5 Å². The molecule has 200 valence electrons. The average molecular weight is 558 g/mol. The molecule has 1 atom stereocenters. The number of halogens is 2. The number of rotatable bonds is 11. The van der Waals surface area contributed by atoms with Crippen LogP contribution in [0.4, 0.5) is 5.69 Å². The number of ether oxygens (including phenoxy) is 3. The fourth-order valence-electron chi connectivity index (χ4n) is 3.54. The second kappa shape index (κ2) is 13.7. The van der Waals surface area contributed by atoms with E-state index in [1.165, 1.54) is 13.3 Å². The summed E-state index contributed by atoms with van der Waals surface area (Å²) in [4.78, 5) is 25.6.